The molecule has 8 nitrogen and oxygen atoms in total. The van der Waals surface area contributed by atoms with Crippen LogP contribution in [0.25, 0.3) is 0 Å². The number of likely N-dealkylation sites (tertiary alicyclic amines) is 1. The molecule has 3 aliphatic carbocycles. The van der Waals surface area contributed by atoms with Crippen LogP contribution in [0, 0.1) is 17.8 Å². The lowest BCUT2D eigenvalue weighted by atomic mass is 9.55. The fraction of sp³-hybridized carbons (Fsp3) is 0.303. The Morgan fingerprint density at radius 1 is 0.805 bits per heavy atom. The molecule has 2 bridgehead atoms. The normalized spacial score (nSPS) is 22.6. The van der Waals surface area contributed by atoms with E-state index >= 15 is 0 Å². The number of esters is 1. The Bertz CT molecular complexity index is 1490. The standard InChI is InChI=1S/C33H30N2O6/c1-17(2)30(33(40)41-16-25(37)34-20-10-8-9-19(15-20)18(3)36)35-31(38)28-26-21-11-4-5-12-22(21)27(29(28)32(35)39)24-14-7-6-13-23(24)26/h4-15,17,26-30H,16H2,1-3H3,(H,34,37)/t26?,27?,28-,29-,30+/m1/s1. The molecule has 41 heavy (non-hydrogen) atoms. The van der Waals surface area contributed by atoms with Gasteiger partial charge in [0.1, 0.15) is 6.04 Å². The van der Waals surface area contributed by atoms with Crippen molar-refractivity contribution in [3.8, 4) is 0 Å². The van der Waals surface area contributed by atoms with E-state index in [4.69, 9.17) is 4.74 Å². The van der Waals surface area contributed by atoms with Crippen molar-refractivity contribution in [2.24, 2.45) is 17.8 Å². The monoisotopic (exact) mass is 550 g/mol. The number of carbonyl (C=O) groups excluding carboxylic acids is 5. The molecule has 0 saturated carbocycles. The topological polar surface area (TPSA) is 110 Å². The first-order valence-corrected chi connectivity index (χ1v) is 13.8. The molecule has 1 aliphatic heterocycles. The maximum atomic E-state index is 14.1. The second-order valence-corrected chi connectivity index (χ2v) is 11.3. The van der Waals surface area contributed by atoms with Crippen LogP contribution in [0.4, 0.5) is 5.69 Å². The first kappa shape index (κ1) is 26.6. The third kappa shape index (κ3) is 4.25. The van der Waals surface area contributed by atoms with Gasteiger partial charge < -0.3 is 10.1 Å². The van der Waals surface area contributed by atoms with Crippen LogP contribution in [0.2, 0.25) is 0 Å². The smallest absolute Gasteiger partial charge is 0.330 e. The van der Waals surface area contributed by atoms with Crippen molar-refractivity contribution in [3.05, 3.63) is 101 Å². The lowest BCUT2D eigenvalue weighted by Crippen LogP contribution is -2.49. The summed E-state index contributed by atoms with van der Waals surface area (Å²) in [6.07, 6.45) is 0. The number of benzene rings is 3. The van der Waals surface area contributed by atoms with E-state index in [2.05, 4.69) is 5.32 Å². The molecule has 8 heteroatoms. The minimum absolute atomic E-state index is 0.146. The molecule has 3 amide bonds. The SMILES string of the molecule is CC(=O)c1cccc(NC(=O)COC(=O)[C@H](C(C)C)N2C(=O)[C@@H]3C4c5ccccc5C(c5ccccc54)[C@H]3C2=O)c1. The Morgan fingerprint density at radius 2 is 1.32 bits per heavy atom. The van der Waals surface area contributed by atoms with Gasteiger partial charge in [-0.3, -0.25) is 24.1 Å². The second-order valence-electron chi connectivity index (χ2n) is 11.3. The summed E-state index contributed by atoms with van der Waals surface area (Å²) in [6, 6.07) is 21.2. The maximum absolute atomic E-state index is 14.1. The second kappa shape index (κ2) is 10.1. The summed E-state index contributed by atoms with van der Waals surface area (Å²) in [5.41, 5.74) is 5.03. The van der Waals surface area contributed by atoms with Crippen molar-refractivity contribution in [1.82, 2.24) is 4.90 Å². The number of carbonyl (C=O) groups is 5. The zero-order chi connectivity index (χ0) is 29.0. The Balaban J connectivity index is 1.24. The van der Waals surface area contributed by atoms with Crippen LogP contribution in [0.15, 0.2) is 72.8 Å². The third-order valence-electron chi connectivity index (χ3n) is 8.53. The van der Waals surface area contributed by atoms with Gasteiger partial charge in [-0.2, -0.15) is 0 Å². The largest absolute Gasteiger partial charge is 0.454 e. The number of anilines is 1. The number of ether oxygens (including phenoxy) is 1. The van der Waals surface area contributed by atoms with Crippen LogP contribution < -0.4 is 5.32 Å². The van der Waals surface area contributed by atoms with Gasteiger partial charge in [0, 0.05) is 23.1 Å². The average molecular weight is 551 g/mol. The number of nitrogens with one attached hydrogen (secondary N) is 1. The summed E-state index contributed by atoms with van der Waals surface area (Å²) in [6.45, 7) is 4.33. The lowest BCUT2D eigenvalue weighted by molar-refractivity contribution is -0.162. The predicted octanol–water partition coefficient (Wildman–Crippen LogP) is 4.29. The van der Waals surface area contributed by atoms with Crippen LogP contribution in [0.5, 0.6) is 0 Å². The van der Waals surface area contributed by atoms with E-state index in [1.165, 1.54) is 13.0 Å². The molecular weight excluding hydrogens is 520 g/mol. The molecule has 3 atom stereocenters. The van der Waals surface area contributed by atoms with E-state index in [1.807, 2.05) is 48.5 Å². The van der Waals surface area contributed by atoms with Crippen LogP contribution in [0.3, 0.4) is 0 Å². The van der Waals surface area contributed by atoms with Crippen molar-refractivity contribution in [3.63, 3.8) is 0 Å². The fourth-order valence-corrected chi connectivity index (χ4v) is 6.89. The molecule has 1 heterocycles. The van der Waals surface area contributed by atoms with Crippen LogP contribution >= 0.6 is 0 Å². The third-order valence-corrected chi connectivity index (χ3v) is 8.53. The Morgan fingerprint density at radius 3 is 1.78 bits per heavy atom. The van der Waals surface area contributed by atoms with Crippen molar-refractivity contribution in [1.29, 1.82) is 0 Å². The highest BCUT2D eigenvalue weighted by Crippen LogP contribution is 2.61. The highest BCUT2D eigenvalue weighted by Gasteiger charge is 2.63. The molecule has 1 fully saturated rings. The molecule has 4 aliphatic rings. The first-order chi connectivity index (χ1) is 19.7. The molecule has 0 radical (unpaired) electrons. The van der Waals surface area contributed by atoms with Gasteiger partial charge in [-0.15, -0.1) is 0 Å². The van der Waals surface area contributed by atoms with Gasteiger partial charge in [-0.1, -0.05) is 74.5 Å². The summed E-state index contributed by atoms with van der Waals surface area (Å²) in [4.78, 5) is 66.8. The number of Topliss-reactive ketones (excluding diaryl/α,β-unsaturated/α-hetero) is 1. The zero-order valence-electron chi connectivity index (χ0n) is 23.0. The molecule has 1 saturated heterocycles. The van der Waals surface area contributed by atoms with Gasteiger partial charge in [0.25, 0.3) is 5.91 Å². The summed E-state index contributed by atoms with van der Waals surface area (Å²) in [5, 5.41) is 2.61. The number of nitrogens with zero attached hydrogens (tertiary/aromatic N) is 1. The molecule has 7 rings (SSSR count). The number of rotatable bonds is 7. The lowest BCUT2D eigenvalue weighted by Gasteiger charge is -2.45. The molecule has 0 aromatic heterocycles. The Labute approximate surface area is 237 Å². The Kier molecular flexibility index (Phi) is 6.56. The van der Waals surface area contributed by atoms with E-state index in [9.17, 15) is 24.0 Å². The minimum atomic E-state index is -1.17. The Hall–Kier alpha value is -4.59. The van der Waals surface area contributed by atoms with Gasteiger partial charge in [0.2, 0.25) is 11.8 Å². The van der Waals surface area contributed by atoms with Crippen molar-refractivity contribution >= 4 is 35.2 Å². The maximum Gasteiger partial charge on any atom is 0.330 e. The quantitative estimate of drug-likeness (QED) is 0.267. The molecule has 3 aromatic rings. The number of hydrogen-bond donors (Lipinski definition) is 1. The van der Waals surface area contributed by atoms with Crippen molar-refractivity contribution in [2.75, 3.05) is 11.9 Å². The van der Waals surface area contributed by atoms with Crippen LogP contribution in [0.1, 0.15) is 65.2 Å². The van der Waals surface area contributed by atoms with Gasteiger partial charge in [0.05, 0.1) is 11.8 Å². The summed E-state index contributed by atoms with van der Waals surface area (Å²) in [7, 11) is 0. The zero-order valence-corrected chi connectivity index (χ0v) is 23.0. The highest BCUT2D eigenvalue weighted by atomic mass is 16.5. The van der Waals surface area contributed by atoms with Crippen molar-refractivity contribution < 1.29 is 28.7 Å². The minimum Gasteiger partial charge on any atom is -0.454 e. The van der Waals surface area contributed by atoms with Gasteiger partial charge in [-0.25, -0.2) is 4.79 Å². The molecule has 3 aromatic carbocycles. The number of hydrogen-bond acceptors (Lipinski definition) is 6. The summed E-state index contributed by atoms with van der Waals surface area (Å²) in [5.74, 6) is -4.51. The molecular formula is C33H30N2O6. The van der Waals surface area contributed by atoms with Gasteiger partial charge >= 0.3 is 5.97 Å². The van der Waals surface area contributed by atoms with Gasteiger partial charge in [0.15, 0.2) is 12.4 Å². The van der Waals surface area contributed by atoms with E-state index < -0.39 is 42.3 Å². The number of imide groups is 1. The molecule has 1 N–H and O–H groups in total. The summed E-state index contributed by atoms with van der Waals surface area (Å²) < 4.78 is 5.37. The highest BCUT2D eigenvalue weighted by molar-refractivity contribution is 6.10. The fourth-order valence-electron chi connectivity index (χ4n) is 6.89. The van der Waals surface area contributed by atoms with E-state index in [0.717, 1.165) is 27.2 Å². The number of ketones is 1. The van der Waals surface area contributed by atoms with E-state index in [1.54, 1.807) is 32.0 Å². The van der Waals surface area contributed by atoms with Gasteiger partial charge in [-0.05, 0) is 47.2 Å². The summed E-state index contributed by atoms with van der Waals surface area (Å²) >= 11 is 0. The van der Waals surface area contributed by atoms with Crippen LogP contribution in [-0.2, 0) is 23.9 Å². The first-order valence-electron chi connectivity index (χ1n) is 13.8. The van der Waals surface area contributed by atoms with Crippen molar-refractivity contribution in [2.45, 2.75) is 38.6 Å². The average Bonchev–Trinajstić information content (AvgIpc) is 3.22. The van der Waals surface area contributed by atoms with E-state index in [-0.39, 0.29) is 29.4 Å². The van der Waals surface area contributed by atoms with Crippen LogP contribution in [-0.4, -0.2) is 47.0 Å². The molecule has 0 spiro atoms. The van der Waals surface area contributed by atoms with E-state index in [0.29, 0.717) is 11.3 Å². The number of amides is 3. The molecule has 208 valence electrons. The molecule has 0 unspecified atom stereocenters. The predicted molar refractivity (Wildman–Crippen MR) is 150 cm³/mol.